The molecule has 2 aromatic rings. The molecule has 6 nitrogen and oxygen atoms in total. The van der Waals surface area contributed by atoms with Gasteiger partial charge in [-0.2, -0.15) is 4.98 Å². The van der Waals surface area contributed by atoms with Crippen molar-refractivity contribution in [2.45, 2.75) is 24.8 Å². The average molecular weight is 439 g/mol. The minimum atomic E-state index is -0.642. The molecule has 1 aromatic carbocycles. The number of amidine groups is 1. The molecule has 0 unspecified atom stereocenters. The van der Waals surface area contributed by atoms with Crippen molar-refractivity contribution in [3.63, 3.8) is 0 Å². The monoisotopic (exact) mass is 438 g/mol. The summed E-state index contributed by atoms with van der Waals surface area (Å²) in [5, 5.41) is 3.22. The predicted octanol–water partition coefficient (Wildman–Crippen LogP) is 3.89. The minimum Gasteiger partial charge on any atom is -0.439 e. The van der Waals surface area contributed by atoms with Crippen LogP contribution in [0.5, 0.6) is 0 Å². The normalized spacial score (nSPS) is 24.8. The molecule has 1 aliphatic carbocycles. The van der Waals surface area contributed by atoms with Gasteiger partial charge >= 0.3 is 0 Å². The topological polar surface area (TPSA) is 93.5 Å². The Morgan fingerprint density at radius 1 is 1.50 bits per heavy atom. The molecular formula is C17H16BrFN4O2S. The van der Waals surface area contributed by atoms with Gasteiger partial charge in [-0.1, -0.05) is 18.2 Å². The van der Waals surface area contributed by atoms with Crippen LogP contribution < -0.4 is 11.1 Å². The Bertz CT molecular complexity index is 903. The lowest BCUT2D eigenvalue weighted by Gasteiger charge is -2.36. The number of hydrogen-bond acceptors (Lipinski definition) is 6. The lowest BCUT2D eigenvalue weighted by atomic mass is 9.81. The quantitative estimate of drug-likeness (QED) is 0.757. The average Bonchev–Trinajstić information content (AvgIpc) is 3.23. The van der Waals surface area contributed by atoms with E-state index in [0.717, 1.165) is 25.0 Å². The highest BCUT2D eigenvalue weighted by atomic mass is 79.9. The van der Waals surface area contributed by atoms with Gasteiger partial charge in [0.25, 0.3) is 10.7 Å². The van der Waals surface area contributed by atoms with Crippen LogP contribution in [0.15, 0.2) is 38.7 Å². The van der Waals surface area contributed by atoms with Crippen LogP contribution in [0.2, 0.25) is 0 Å². The van der Waals surface area contributed by atoms with Gasteiger partial charge in [-0.15, -0.1) is 0 Å². The van der Waals surface area contributed by atoms with Crippen molar-refractivity contribution in [3.05, 3.63) is 46.3 Å². The molecule has 2 heterocycles. The van der Waals surface area contributed by atoms with Gasteiger partial charge in [-0.25, -0.2) is 4.39 Å². The minimum absolute atomic E-state index is 0.135. The molecule has 0 radical (unpaired) electrons. The summed E-state index contributed by atoms with van der Waals surface area (Å²) in [5.41, 5.74) is 6.42. The van der Waals surface area contributed by atoms with Crippen molar-refractivity contribution in [1.29, 1.82) is 0 Å². The van der Waals surface area contributed by atoms with Gasteiger partial charge in [0.2, 0.25) is 0 Å². The van der Waals surface area contributed by atoms with E-state index in [1.165, 1.54) is 30.2 Å². The van der Waals surface area contributed by atoms with Crippen molar-refractivity contribution in [3.8, 4) is 0 Å². The Balaban J connectivity index is 1.68. The summed E-state index contributed by atoms with van der Waals surface area (Å²) in [5.74, 6) is 0.312. The second kappa shape index (κ2) is 6.70. The molecule has 2 atom stereocenters. The SMILES string of the molecule is NC1=N[C@@]2(c3cc(NC(=O)c4coc(Br)n4)ccc3F)CCC[C@H]2CS1. The van der Waals surface area contributed by atoms with E-state index in [1.807, 2.05) is 0 Å². The van der Waals surface area contributed by atoms with Crippen LogP contribution >= 0.6 is 27.7 Å². The molecule has 2 aliphatic rings. The molecular weight excluding hydrogens is 423 g/mol. The van der Waals surface area contributed by atoms with E-state index in [9.17, 15) is 9.18 Å². The zero-order valence-corrected chi connectivity index (χ0v) is 16.1. The van der Waals surface area contributed by atoms with E-state index in [4.69, 9.17) is 10.2 Å². The number of carbonyl (C=O) groups excluding carboxylic acids is 1. The number of oxazole rings is 1. The summed E-state index contributed by atoms with van der Waals surface area (Å²) in [7, 11) is 0. The predicted molar refractivity (Wildman–Crippen MR) is 102 cm³/mol. The maximum absolute atomic E-state index is 14.7. The molecule has 1 aliphatic heterocycles. The van der Waals surface area contributed by atoms with Gasteiger partial charge in [0.15, 0.2) is 10.9 Å². The fourth-order valence-corrected chi connectivity index (χ4v) is 5.07. The van der Waals surface area contributed by atoms with Crippen LogP contribution in [0.4, 0.5) is 10.1 Å². The molecule has 1 aromatic heterocycles. The summed E-state index contributed by atoms with van der Waals surface area (Å²) < 4.78 is 19.7. The molecule has 0 bridgehead atoms. The van der Waals surface area contributed by atoms with Gasteiger partial charge in [0.1, 0.15) is 12.1 Å². The number of halogens is 2. The smallest absolute Gasteiger partial charge is 0.277 e. The first-order valence-corrected chi connectivity index (χ1v) is 9.96. The highest BCUT2D eigenvalue weighted by Gasteiger charge is 2.48. The fourth-order valence-electron chi connectivity index (χ4n) is 3.75. The van der Waals surface area contributed by atoms with Gasteiger partial charge < -0.3 is 15.5 Å². The van der Waals surface area contributed by atoms with Crippen molar-refractivity contribution in [2.75, 3.05) is 11.1 Å². The van der Waals surface area contributed by atoms with E-state index in [-0.39, 0.29) is 22.2 Å². The first kappa shape index (κ1) is 17.5. The number of aliphatic imine (C=N–C) groups is 1. The molecule has 0 saturated heterocycles. The van der Waals surface area contributed by atoms with Crippen LogP contribution in [0.25, 0.3) is 0 Å². The van der Waals surface area contributed by atoms with Gasteiger partial charge in [-0.3, -0.25) is 9.79 Å². The van der Waals surface area contributed by atoms with Crippen molar-refractivity contribution >= 4 is 44.5 Å². The van der Waals surface area contributed by atoms with E-state index in [0.29, 0.717) is 16.4 Å². The number of fused-ring (bicyclic) bond motifs is 1. The number of nitrogens with two attached hydrogens (primary N) is 1. The Kier molecular flexibility index (Phi) is 4.52. The van der Waals surface area contributed by atoms with E-state index in [2.05, 4.69) is 31.2 Å². The highest BCUT2D eigenvalue weighted by molar-refractivity contribution is 9.10. The van der Waals surface area contributed by atoms with Crippen LogP contribution in [-0.2, 0) is 5.54 Å². The fraction of sp³-hybridized carbons (Fsp3) is 0.353. The van der Waals surface area contributed by atoms with Crippen molar-refractivity contribution in [1.82, 2.24) is 4.98 Å². The third kappa shape index (κ3) is 3.03. The first-order valence-electron chi connectivity index (χ1n) is 8.18. The summed E-state index contributed by atoms with van der Waals surface area (Å²) in [6.45, 7) is 0. The number of anilines is 1. The standard InChI is InChI=1S/C17H16BrFN4O2S/c18-15-22-13(7-25-15)14(24)21-10-3-4-12(19)11(6-10)17-5-1-2-9(17)8-26-16(20)23-17/h3-4,6-7,9H,1-2,5,8H2,(H2,20,23)(H,21,24)/t9-,17-/m0/s1. The summed E-state index contributed by atoms with van der Waals surface area (Å²) >= 11 is 4.58. The number of thioether (sulfide) groups is 1. The second-order valence-electron chi connectivity index (χ2n) is 6.41. The number of aromatic nitrogens is 1. The number of nitrogens with zero attached hydrogens (tertiary/aromatic N) is 2. The maximum atomic E-state index is 14.7. The lowest BCUT2D eigenvalue weighted by Crippen LogP contribution is -2.37. The Morgan fingerprint density at radius 3 is 3.12 bits per heavy atom. The molecule has 0 spiro atoms. The molecule has 1 fully saturated rings. The molecule has 4 rings (SSSR count). The number of rotatable bonds is 3. The Labute approximate surface area is 162 Å². The number of hydrogen-bond donors (Lipinski definition) is 2. The Hall–Kier alpha value is -1.87. The summed E-state index contributed by atoms with van der Waals surface area (Å²) in [6.07, 6.45) is 3.97. The van der Waals surface area contributed by atoms with Gasteiger partial charge in [0, 0.05) is 32.9 Å². The number of benzene rings is 1. The third-order valence-electron chi connectivity index (χ3n) is 4.93. The number of amides is 1. The molecule has 3 N–H and O–H groups in total. The van der Waals surface area contributed by atoms with Crippen LogP contribution in [0.1, 0.15) is 35.3 Å². The summed E-state index contributed by atoms with van der Waals surface area (Å²) in [4.78, 5) is 21.1. The lowest BCUT2D eigenvalue weighted by molar-refractivity contribution is 0.102. The molecule has 1 saturated carbocycles. The molecule has 136 valence electrons. The number of nitrogens with one attached hydrogen (secondary N) is 1. The maximum Gasteiger partial charge on any atom is 0.277 e. The largest absolute Gasteiger partial charge is 0.439 e. The second-order valence-corrected chi connectivity index (χ2v) is 8.13. The zero-order valence-electron chi connectivity index (χ0n) is 13.7. The van der Waals surface area contributed by atoms with Crippen LogP contribution in [-0.4, -0.2) is 21.8 Å². The van der Waals surface area contributed by atoms with Crippen LogP contribution in [0, 0.1) is 11.7 Å². The van der Waals surface area contributed by atoms with Crippen molar-refractivity contribution in [2.24, 2.45) is 16.6 Å². The first-order chi connectivity index (χ1) is 12.5. The summed E-state index contributed by atoms with van der Waals surface area (Å²) in [6, 6.07) is 4.55. The molecule has 1 amide bonds. The van der Waals surface area contributed by atoms with Crippen molar-refractivity contribution < 1.29 is 13.6 Å². The highest BCUT2D eigenvalue weighted by Crippen LogP contribution is 2.51. The molecule has 9 heteroatoms. The van der Waals surface area contributed by atoms with E-state index >= 15 is 0 Å². The zero-order chi connectivity index (χ0) is 18.3. The van der Waals surface area contributed by atoms with Gasteiger partial charge in [0.05, 0.1) is 5.54 Å². The van der Waals surface area contributed by atoms with E-state index < -0.39 is 11.4 Å². The Morgan fingerprint density at radius 2 is 2.35 bits per heavy atom. The third-order valence-corrected chi connectivity index (χ3v) is 6.25. The molecule has 26 heavy (non-hydrogen) atoms. The number of carbonyl (C=O) groups is 1. The van der Waals surface area contributed by atoms with E-state index in [1.54, 1.807) is 6.07 Å². The van der Waals surface area contributed by atoms with Gasteiger partial charge in [-0.05, 0) is 37.0 Å². The van der Waals surface area contributed by atoms with Crippen LogP contribution in [0.3, 0.4) is 0 Å².